The molecule has 0 saturated carbocycles. The number of aliphatic hydroxyl groups is 1. The fourth-order valence-electron chi connectivity index (χ4n) is 3.72. The molecule has 1 unspecified atom stereocenters. The van der Waals surface area contributed by atoms with E-state index in [0.717, 1.165) is 29.7 Å². The maximum atomic E-state index is 12.9. The third kappa shape index (κ3) is 4.80. The molecule has 2 aromatic rings. The number of nitrogens with zero attached hydrogens (tertiary/aromatic N) is 1. The number of ether oxygens (including phenoxy) is 2. The highest BCUT2D eigenvalue weighted by molar-refractivity contribution is 6.46. The summed E-state index contributed by atoms with van der Waals surface area (Å²) in [6.07, 6.45) is 2.00. The molecule has 1 amide bonds. The number of unbranched alkanes of at least 4 members (excludes halogenated alkanes) is 1. The van der Waals surface area contributed by atoms with Crippen LogP contribution < -0.4 is 4.74 Å². The van der Waals surface area contributed by atoms with Crippen LogP contribution in [0.25, 0.3) is 5.76 Å². The number of hydrogen-bond donors (Lipinski definition) is 1. The van der Waals surface area contributed by atoms with E-state index in [-0.39, 0.29) is 17.9 Å². The molecule has 1 aliphatic rings. The van der Waals surface area contributed by atoms with Crippen LogP contribution in [0.2, 0.25) is 0 Å². The number of methoxy groups -OCH3 is 1. The number of rotatable bonds is 9. The summed E-state index contributed by atoms with van der Waals surface area (Å²) < 4.78 is 10.9. The van der Waals surface area contributed by atoms with Gasteiger partial charge in [-0.1, -0.05) is 43.7 Å². The highest BCUT2D eigenvalue weighted by atomic mass is 16.5. The Labute approximate surface area is 183 Å². The molecule has 0 aliphatic carbocycles. The van der Waals surface area contributed by atoms with E-state index in [1.54, 1.807) is 25.3 Å². The minimum absolute atomic E-state index is 0.0892. The Kier molecular flexibility index (Phi) is 7.47. The van der Waals surface area contributed by atoms with Crippen molar-refractivity contribution in [1.82, 2.24) is 4.90 Å². The van der Waals surface area contributed by atoms with Crippen LogP contribution in [-0.4, -0.2) is 48.6 Å². The smallest absolute Gasteiger partial charge is 0.295 e. The summed E-state index contributed by atoms with van der Waals surface area (Å²) >= 11 is 0. The molecule has 6 nitrogen and oxygen atoms in total. The second-order valence-electron chi connectivity index (χ2n) is 7.58. The first-order chi connectivity index (χ1) is 15.0. The number of aliphatic hydroxyl groups excluding tert-OH is 1. The van der Waals surface area contributed by atoms with Crippen molar-refractivity contribution < 1.29 is 24.2 Å². The zero-order valence-corrected chi connectivity index (χ0v) is 18.3. The van der Waals surface area contributed by atoms with Gasteiger partial charge in [-0.25, -0.2) is 0 Å². The molecule has 3 rings (SSSR count). The Morgan fingerprint density at radius 2 is 1.84 bits per heavy atom. The molecule has 6 heteroatoms. The second-order valence-corrected chi connectivity index (χ2v) is 7.58. The van der Waals surface area contributed by atoms with Gasteiger partial charge in [0.2, 0.25) is 0 Å². The number of hydrogen-bond acceptors (Lipinski definition) is 5. The Balaban J connectivity index is 2.03. The third-order valence-electron chi connectivity index (χ3n) is 5.40. The molecule has 0 bridgehead atoms. The van der Waals surface area contributed by atoms with Gasteiger partial charge in [0.1, 0.15) is 11.5 Å². The standard InChI is InChI=1S/C25H29NO5/c1-4-5-14-31-20-12-11-19(16-17(20)2)23(27)21-22(18-9-7-6-8-10-18)26(13-15-30-3)25(29)24(21)28/h6-12,16,22,27H,4-5,13-15H2,1-3H3. The predicted molar refractivity (Wildman–Crippen MR) is 119 cm³/mol. The molecule has 0 spiro atoms. The van der Waals surface area contributed by atoms with Gasteiger partial charge in [-0.15, -0.1) is 0 Å². The molecule has 1 atom stereocenters. The lowest BCUT2D eigenvalue weighted by molar-refractivity contribution is -0.140. The van der Waals surface area contributed by atoms with Crippen molar-refractivity contribution in [2.75, 3.05) is 26.9 Å². The lowest BCUT2D eigenvalue weighted by atomic mass is 9.95. The van der Waals surface area contributed by atoms with Crippen molar-refractivity contribution in [2.24, 2.45) is 0 Å². The molecule has 1 fully saturated rings. The monoisotopic (exact) mass is 423 g/mol. The number of Topliss-reactive ketones (excluding diaryl/α,β-unsaturated/α-hetero) is 1. The minimum Gasteiger partial charge on any atom is -0.507 e. The Bertz CT molecular complexity index is 967. The van der Waals surface area contributed by atoms with Crippen molar-refractivity contribution in [3.05, 3.63) is 70.8 Å². The zero-order chi connectivity index (χ0) is 22.4. The van der Waals surface area contributed by atoms with Crippen molar-refractivity contribution in [3.8, 4) is 5.75 Å². The van der Waals surface area contributed by atoms with Gasteiger partial charge >= 0.3 is 0 Å². The molecule has 1 saturated heterocycles. The highest BCUT2D eigenvalue weighted by Gasteiger charge is 2.45. The van der Waals surface area contributed by atoms with E-state index in [1.807, 2.05) is 37.3 Å². The Morgan fingerprint density at radius 3 is 2.48 bits per heavy atom. The third-order valence-corrected chi connectivity index (χ3v) is 5.40. The summed E-state index contributed by atoms with van der Waals surface area (Å²) in [5.74, 6) is -0.771. The number of amides is 1. The summed E-state index contributed by atoms with van der Waals surface area (Å²) in [6.45, 7) is 5.16. The molecular formula is C25H29NO5. The van der Waals surface area contributed by atoms with Gasteiger partial charge in [0.25, 0.3) is 11.7 Å². The second kappa shape index (κ2) is 10.3. The van der Waals surface area contributed by atoms with Gasteiger partial charge in [0, 0.05) is 19.2 Å². The van der Waals surface area contributed by atoms with Crippen LogP contribution in [0.5, 0.6) is 5.75 Å². The van der Waals surface area contributed by atoms with E-state index in [4.69, 9.17) is 9.47 Å². The van der Waals surface area contributed by atoms with Gasteiger partial charge < -0.3 is 19.5 Å². The van der Waals surface area contributed by atoms with Gasteiger partial charge in [0.05, 0.1) is 24.8 Å². The number of benzene rings is 2. The summed E-state index contributed by atoms with van der Waals surface area (Å²) in [5.41, 5.74) is 2.18. The predicted octanol–water partition coefficient (Wildman–Crippen LogP) is 4.24. The number of likely N-dealkylation sites (tertiary alicyclic amines) is 1. The SMILES string of the molecule is CCCCOc1ccc(C(O)=C2C(=O)C(=O)N(CCOC)C2c2ccccc2)cc1C. The fraction of sp³-hybridized carbons (Fsp3) is 0.360. The summed E-state index contributed by atoms with van der Waals surface area (Å²) in [4.78, 5) is 27.2. The van der Waals surface area contributed by atoms with E-state index >= 15 is 0 Å². The lowest BCUT2D eigenvalue weighted by Gasteiger charge is -2.25. The number of aryl methyl sites for hydroxylation is 1. The van der Waals surface area contributed by atoms with Crippen molar-refractivity contribution in [1.29, 1.82) is 0 Å². The number of carbonyl (C=O) groups excluding carboxylic acids is 2. The van der Waals surface area contributed by atoms with Gasteiger partial charge in [-0.05, 0) is 42.7 Å². The lowest BCUT2D eigenvalue weighted by Crippen LogP contribution is -2.32. The average molecular weight is 424 g/mol. The molecule has 1 heterocycles. The van der Waals surface area contributed by atoms with Crippen LogP contribution in [0.3, 0.4) is 0 Å². The normalized spacial score (nSPS) is 17.9. The van der Waals surface area contributed by atoms with E-state index in [9.17, 15) is 14.7 Å². The number of carbonyl (C=O) groups is 2. The summed E-state index contributed by atoms with van der Waals surface area (Å²) in [7, 11) is 1.54. The maximum absolute atomic E-state index is 12.9. The van der Waals surface area contributed by atoms with Crippen LogP contribution >= 0.6 is 0 Å². The van der Waals surface area contributed by atoms with Gasteiger partial charge in [0.15, 0.2) is 0 Å². The van der Waals surface area contributed by atoms with Crippen LogP contribution in [0, 0.1) is 6.92 Å². The highest BCUT2D eigenvalue weighted by Crippen LogP contribution is 2.39. The first kappa shape index (κ1) is 22.6. The van der Waals surface area contributed by atoms with Crippen LogP contribution in [0.4, 0.5) is 0 Å². The van der Waals surface area contributed by atoms with Crippen molar-refractivity contribution >= 4 is 17.4 Å². The topological polar surface area (TPSA) is 76.1 Å². The summed E-state index contributed by atoms with van der Waals surface area (Å²) in [6, 6.07) is 13.9. The Morgan fingerprint density at radius 1 is 1.10 bits per heavy atom. The van der Waals surface area contributed by atoms with Crippen LogP contribution in [-0.2, 0) is 14.3 Å². The first-order valence-corrected chi connectivity index (χ1v) is 10.6. The molecule has 0 aromatic heterocycles. The Hall–Kier alpha value is -3.12. The average Bonchev–Trinajstić information content (AvgIpc) is 3.03. The summed E-state index contributed by atoms with van der Waals surface area (Å²) in [5, 5.41) is 11.1. The van der Waals surface area contributed by atoms with Gasteiger partial charge in [-0.3, -0.25) is 9.59 Å². The molecule has 31 heavy (non-hydrogen) atoms. The minimum atomic E-state index is -0.691. The van der Waals surface area contributed by atoms with E-state index in [0.29, 0.717) is 18.8 Å². The van der Waals surface area contributed by atoms with Crippen LogP contribution in [0.15, 0.2) is 54.1 Å². The van der Waals surface area contributed by atoms with Crippen molar-refractivity contribution in [3.63, 3.8) is 0 Å². The van der Waals surface area contributed by atoms with Crippen LogP contribution in [0.1, 0.15) is 42.5 Å². The van der Waals surface area contributed by atoms with Crippen molar-refractivity contribution in [2.45, 2.75) is 32.7 Å². The maximum Gasteiger partial charge on any atom is 0.295 e. The fourth-order valence-corrected chi connectivity index (χ4v) is 3.72. The largest absolute Gasteiger partial charge is 0.507 e. The van der Waals surface area contributed by atoms with E-state index in [1.165, 1.54) is 4.90 Å². The zero-order valence-electron chi connectivity index (χ0n) is 18.3. The molecular weight excluding hydrogens is 394 g/mol. The van der Waals surface area contributed by atoms with Gasteiger partial charge in [-0.2, -0.15) is 0 Å². The molecule has 2 aromatic carbocycles. The molecule has 1 N–H and O–H groups in total. The molecule has 164 valence electrons. The van der Waals surface area contributed by atoms with E-state index in [2.05, 4.69) is 6.92 Å². The number of ketones is 1. The molecule has 1 aliphatic heterocycles. The quantitative estimate of drug-likeness (QED) is 0.283. The first-order valence-electron chi connectivity index (χ1n) is 10.6. The molecule has 0 radical (unpaired) electrons. The van der Waals surface area contributed by atoms with E-state index < -0.39 is 17.7 Å².